The minimum absolute atomic E-state index is 0.668. The third-order valence-electron chi connectivity index (χ3n) is 4.17. The highest BCUT2D eigenvalue weighted by Crippen LogP contribution is 2.21. The summed E-state index contributed by atoms with van der Waals surface area (Å²) in [6.07, 6.45) is 3.23. The predicted octanol–water partition coefficient (Wildman–Crippen LogP) is 5.01. The van der Waals surface area contributed by atoms with Crippen LogP contribution in [0.2, 0.25) is 0 Å². The summed E-state index contributed by atoms with van der Waals surface area (Å²) in [6, 6.07) is 22.7. The quantitative estimate of drug-likeness (QED) is 0.535. The van der Waals surface area contributed by atoms with Crippen LogP contribution in [-0.4, -0.2) is 23.1 Å². The van der Waals surface area contributed by atoms with Crippen LogP contribution in [0, 0.1) is 0 Å². The lowest BCUT2D eigenvalue weighted by Gasteiger charge is -2.11. The highest BCUT2D eigenvalue weighted by Gasteiger charge is 2.06. The van der Waals surface area contributed by atoms with Gasteiger partial charge in [-0.15, -0.1) is 0 Å². The number of nitrogens with one attached hydrogen (secondary N) is 2. The maximum atomic E-state index is 4.70. The minimum atomic E-state index is 0.668. The molecule has 4 nitrogen and oxygen atoms in total. The minimum Gasteiger partial charge on any atom is -0.370 e. The zero-order chi connectivity index (χ0) is 18.0. The summed E-state index contributed by atoms with van der Waals surface area (Å²) in [6.45, 7) is 3.91. The Bertz CT molecular complexity index is 788. The molecular weight excluding hydrogens is 320 g/mol. The van der Waals surface area contributed by atoms with E-state index in [0.717, 1.165) is 49.4 Å². The summed E-state index contributed by atoms with van der Waals surface area (Å²) < 4.78 is 0. The molecule has 3 aromatic rings. The van der Waals surface area contributed by atoms with Crippen LogP contribution in [0.1, 0.15) is 25.3 Å². The number of unbranched alkanes of at least 4 members (excludes halogenated alkanes) is 1. The Morgan fingerprint density at radius 1 is 0.808 bits per heavy atom. The number of hydrogen-bond acceptors (Lipinski definition) is 4. The van der Waals surface area contributed by atoms with Gasteiger partial charge in [-0.1, -0.05) is 74.0 Å². The molecule has 3 rings (SSSR count). The Morgan fingerprint density at radius 2 is 1.54 bits per heavy atom. The molecule has 0 fully saturated rings. The third kappa shape index (κ3) is 5.31. The molecule has 0 aliphatic heterocycles. The molecule has 26 heavy (non-hydrogen) atoms. The molecule has 0 unspecified atom stereocenters. The van der Waals surface area contributed by atoms with Gasteiger partial charge in [0.1, 0.15) is 5.82 Å². The van der Waals surface area contributed by atoms with Gasteiger partial charge in [-0.05, 0) is 18.4 Å². The van der Waals surface area contributed by atoms with Crippen LogP contribution < -0.4 is 10.6 Å². The van der Waals surface area contributed by atoms with Gasteiger partial charge in [-0.25, -0.2) is 4.98 Å². The van der Waals surface area contributed by atoms with Crippen molar-refractivity contribution in [3.05, 3.63) is 72.3 Å². The van der Waals surface area contributed by atoms with Crippen molar-refractivity contribution in [1.82, 2.24) is 9.97 Å². The van der Waals surface area contributed by atoms with Gasteiger partial charge in [-0.3, -0.25) is 0 Å². The first-order valence-electron chi connectivity index (χ1n) is 9.31. The van der Waals surface area contributed by atoms with Crippen molar-refractivity contribution in [2.45, 2.75) is 26.2 Å². The van der Waals surface area contributed by atoms with E-state index in [9.17, 15) is 0 Å². The van der Waals surface area contributed by atoms with E-state index in [1.165, 1.54) is 5.56 Å². The van der Waals surface area contributed by atoms with Crippen LogP contribution in [0.5, 0.6) is 0 Å². The maximum absolute atomic E-state index is 4.70. The first-order valence-corrected chi connectivity index (χ1v) is 9.31. The highest BCUT2D eigenvalue weighted by atomic mass is 15.1. The second kappa shape index (κ2) is 9.56. The van der Waals surface area contributed by atoms with E-state index >= 15 is 0 Å². The lowest BCUT2D eigenvalue weighted by Crippen LogP contribution is -2.11. The zero-order valence-electron chi connectivity index (χ0n) is 15.3. The van der Waals surface area contributed by atoms with Crippen LogP contribution in [0.15, 0.2) is 66.7 Å². The molecule has 0 saturated carbocycles. The van der Waals surface area contributed by atoms with E-state index in [1.54, 1.807) is 0 Å². The van der Waals surface area contributed by atoms with E-state index in [0.29, 0.717) is 5.95 Å². The molecule has 1 aromatic heterocycles. The Balaban J connectivity index is 1.73. The van der Waals surface area contributed by atoms with Crippen molar-refractivity contribution < 1.29 is 0 Å². The monoisotopic (exact) mass is 346 g/mol. The molecule has 4 heteroatoms. The molecule has 0 aliphatic rings. The summed E-state index contributed by atoms with van der Waals surface area (Å²) >= 11 is 0. The first-order chi connectivity index (χ1) is 12.8. The Morgan fingerprint density at radius 3 is 2.27 bits per heavy atom. The Labute approximate surface area is 155 Å². The SMILES string of the molecule is CCCCNc1cc(-c2ccccc2)nc(NCCc2ccccc2)n1. The third-order valence-corrected chi connectivity index (χ3v) is 4.17. The molecule has 0 bridgehead atoms. The van der Waals surface area contributed by atoms with Crippen LogP contribution in [0.25, 0.3) is 11.3 Å². The standard InChI is InChI=1S/C22H26N4/c1-2-3-15-23-21-17-20(19-12-8-5-9-13-19)25-22(26-21)24-16-14-18-10-6-4-7-11-18/h4-13,17H,2-3,14-16H2,1H3,(H2,23,24,25,26). The maximum Gasteiger partial charge on any atom is 0.225 e. The average molecular weight is 346 g/mol. The van der Waals surface area contributed by atoms with E-state index < -0.39 is 0 Å². The van der Waals surface area contributed by atoms with Gasteiger partial charge in [-0.2, -0.15) is 4.98 Å². The lowest BCUT2D eigenvalue weighted by atomic mass is 10.1. The second-order valence-electron chi connectivity index (χ2n) is 6.27. The smallest absolute Gasteiger partial charge is 0.225 e. The topological polar surface area (TPSA) is 49.8 Å². The number of anilines is 2. The molecule has 2 N–H and O–H groups in total. The number of nitrogens with zero attached hydrogens (tertiary/aromatic N) is 2. The Kier molecular flexibility index (Phi) is 6.59. The van der Waals surface area contributed by atoms with Crippen LogP contribution in [-0.2, 0) is 6.42 Å². The normalized spacial score (nSPS) is 10.5. The Hall–Kier alpha value is -2.88. The fourth-order valence-corrected chi connectivity index (χ4v) is 2.73. The lowest BCUT2D eigenvalue weighted by molar-refractivity contribution is 0.830. The largest absolute Gasteiger partial charge is 0.370 e. The van der Waals surface area contributed by atoms with Crippen molar-refractivity contribution in [2.75, 3.05) is 23.7 Å². The first kappa shape index (κ1) is 17.9. The summed E-state index contributed by atoms with van der Waals surface area (Å²) in [5.41, 5.74) is 3.34. The number of rotatable bonds is 9. The van der Waals surface area contributed by atoms with Gasteiger partial charge < -0.3 is 10.6 Å². The van der Waals surface area contributed by atoms with E-state index in [-0.39, 0.29) is 0 Å². The molecule has 134 valence electrons. The molecule has 2 aromatic carbocycles. The predicted molar refractivity (Wildman–Crippen MR) is 110 cm³/mol. The van der Waals surface area contributed by atoms with Crippen molar-refractivity contribution in [3.63, 3.8) is 0 Å². The van der Waals surface area contributed by atoms with Crippen molar-refractivity contribution >= 4 is 11.8 Å². The molecule has 0 atom stereocenters. The molecule has 0 saturated heterocycles. The van der Waals surface area contributed by atoms with Crippen molar-refractivity contribution in [1.29, 1.82) is 0 Å². The van der Waals surface area contributed by atoms with E-state index in [1.807, 2.05) is 30.3 Å². The summed E-state index contributed by atoms with van der Waals surface area (Å²) in [7, 11) is 0. The molecule has 0 aliphatic carbocycles. The van der Waals surface area contributed by atoms with Gasteiger partial charge in [0.15, 0.2) is 0 Å². The van der Waals surface area contributed by atoms with Crippen LogP contribution in [0.3, 0.4) is 0 Å². The summed E-state index contributed by atoms with van der Waals surface area (Å²) in [5, 5.41) is 6.79. The van der Waals surface area contributed by atoms with Crippen LogP contribution in [0.4, 0.5) is 11.8 Å². The molecule has 0 radical (unpaired) electrons. The number of hydrogen-bond donors (Lipinski definition) is 2. The van der Waals surface area contributed by atoms with E-state index in [4.69, 9.17) is 4.98 Å². The zero-order valence-corrected chi connectivity index (χ0v) is 15.3. The van der Waals surface area contributed by atoms with Gasteiger partial charge >= 0.3 is 0 Å². The van der Waals surface area contributed by atoms with Crippen LogP contribution >= 0.6 is 0 Å². The molecule has 1 heterocycles. The summed E-state index contributed by atoms with van der Waals surface area (Å²) in [5.74, 6) is 1.54. The highest BCUT2D eigenvalue weighted by molar-refractivity contribution is 5.64. The fourth-order valence-electron chi connectivity index (χ4n) is 2.73. The summed E-state index contributed by atoms with van der Waals surface area (Å²) in [4.78, 5) is 9.33. The number of benzene rings is 2. The average Bonchev–Trinajstić information content (AvgIpc) is 2.70. The molecule has 0 spiro atoms. The number of aromatic nitrogens is 2. The van der Waals surface area contributed by atoms with Gasteiger partial charge in [0.2, 0.25) is 5.95 Å². The van der Waals surface area contributed by atoms with Crippen molar-refractivity contribution in [2.24, 2.45) is 0 Å². The molecule has 0 amide bonds. The fraction of sp³-hybridized carbons (Fsp3) is 0.273. The van der Waals surface area contributed by atoms with Gasteiger partial charge in [0.25, 0.3) is 0 Å². The van der Waals surface area contributed by atoms with Gasteiger partial charge in [0.05, 0.1) is 5.69 Å². The molecular formula is C22H26N4. The second-order valence-corrected chi connectivity index (χ2v) is 6.27. The van der Waals surface area contributed by atoms with E-state index in [2.05, 4.69) is 58.9 Å². The van der Waals surface area contributed by atoms with Crippen molar-refractivity contribution in [3.8, 4) is 11.3 Å². The van der Waals surface area contributed by atoms with Gasteiger partial charge in [0, 0.05) is 24.7 Å².